The molecule has 2 aromatic carbocycles. The number of halogens is 3. The molecule has 0 aliphatic heterocycles. The van der Waals surface area contributed by atoms with Gasteiger partial charge in [0.15, 0.2) is 0 Å². The van der Waals surface area contributed by atoms with Crippen LogP contribution in [0.15, 0.2) is 36.4 Å². The van der Waals surface area contributed by atoms with Gasteiger partial charge in [-0.1, -0.05) is 69.0 Å². The molecule has 0 N–H and O–H groups in total. The van der Waals surface area contributed by atoms with Crippen LogP contribution < -0.4 is 4.74 Å². The summed E-state index contributed by atoms with van der Waals surface area (Å²) in [6.45, 7) is 2.08. The van der Waals surface area contributed by atoms with Gasteiger partial charge in [-0.2, -0.15) is 0 Å². The van der Waals surface area contributed by atoms with Crippen LogP contribution in [0, 0.1) is 6.92 Å². The molecule has 0 spiro atoms. The summed E-state index contributed by atoms with van der Waals surface area (Å²) in [5.74, 6) is 0.593. The smallest absolute Gasteiger partial charge is 0.138 e. The molecule has 0 saturated carbocycles. The van der Waals surface area contributed by atoms with Gasteiger partial charge in [-0.05, 0) is 30.5 Å². The van der Waals surface area contributed by atoms with Crippen LogP contribution >= 0.6 is 39.1 Å². The molecule has 0 fully saturated rings. The third-order valence-electron chi connectivity index (χ3n) is 3.14. The standard InChI is InChI=1S/C16H15BrCl2O/c1-10-3-5-11(6-4-10)7-13(17)12-8-15(19)16(20-2)9-14(12)18/h3-6,8-9,13H,7H2,1-2H3. The minimum absolute atomic E-state index is 0.112. The van der Waals surface area contributed by atoms with E-state index >= 15 is 0 Å². The molecule has 0 amide bonds. The van der Waals surface area contributed by atoms with Gasteiger partial charge in [-0.15, -0.1) is 0 Å². The summed E-state index contributed by atoms with van der Waals surface area (Å²) >= 11 is 16.2. The molecular formula is C16H15BrCl2O. The monoisotopic (exact) mass is 372 g/mol. The number of hydrogen-bond donors (Lipinski definition) is 0. The molecule has 0 heterocycles. The van der Waals surface area contributed by atoms with E-state index < -0.39 is 0 Å². The molecular weight excluding hydrogens is 359 g/mol. The largest absolute Gasteiger partial charge is 0.495 e. The maximum absolute atomic E-state index is 6.30. The van der Waals surface area contributed by atoms with E-state index in [-0.39, 0.29) is 4.83 Å². The van der Waals surface area contributed by atoms with E-state index in [0.717, 1.165) is 12.0 Å². The van der Waals surface area contributed by atoms with E-state index in [1.54, 1.807) is 13.2 Å². The fourth-order valence-electron chi connectivity index (χ4n) is 1.98. The van der Waals surface area contributed by atoms with Crippen LogP contribution in [0.25, 0.3) is 0 Å². The molecule has 0 saturated heterocycles. The molecule has 0 aliphatic carbocycles. The van der Waals surface area contributed by atoms with Crippen molar-refractivity contribution in [3.05, 3.63) is 63.1 Å². The predicted molar refractivity (Wildman–Crippen MR) is 89.6 cm³/mol. The highest BCUT2D eigenvalue weighted by molar-refractivity contribution is 9.09. The van der Waals surface area contributed by atoms with Crippen molar-refractivity contribution in [3.63, 3.8) is 0 Å². The van der Waals surface area contributed by atoms with Crippen molar-refractivity contribution in [1.29, 1.82) is 0 Å². The maximum atomic E-state index is 6.30. The molecule has 106 valence electrons. The number of benzene rings is 2. The Kier molecular flexibility index (Phi) is 5.36. The first-order valence-corrected chi connectivity index (χ1v) is 7.91. The van der Waals surface area contributed by atoms with Gasteiger partial charge in [0.05, 0.1) is 12.1 Å². The van der Waals surface area contributed by atoms with E-state index in [9.17, 15) is 0 Å². The number of methoxy groups -OCH3 is 1. The van der Waals surface area contributed by atoms with Gasteiger partial charge in [0.25, 0.3) is 0 Å². The highest BCUT2D eigenvalue weighted by Gasteiger charge is 2.15. The molecule has 1 atom stereocenters. The summed E-state index contributed by atoms with van der Waals surface area (Å²) in [4.78, 5) is 0.112. The zero-order chi connectivity index (χ0) is 14.7. The predicted octanol–water partition coefficient (Wildman–Crippen LogP) is 5.99. The van der Waals surface area contributed by atoms with E-state index in [0.29, 0.717) is 15.8 Å². The highest BCUT2D eigenvalue weighted by Crippen LogP contribution is 2.38. The minimum atomic E-state index is 0.112. The van der Waals surface area contributed by atoms with Gasteiger partial charge < -0.3 is 4.74 Å². The average molecular weight is 374 g/mol. The van der Waals surface area contributed by atoms with Crippen molar-refractivity contribution < 1.29 is 4.74 Å². The molecule has 0 bridgehead atoms. The van der Waals surface area contributed by atoms with Gasteiger partial charge in [0, 0.05) is 15.9 Å². The third kappa shape index (κ3) is 3.69. The van der Waals surface area contributed by atoms with Crippen LogP contribution in [0.1, 0.15) is 21.5 Å². The lowest BCUT2D eigenvalue weighted by Gasteiger charge is -2.14. The zero-order valence-corrected chi connectivity index (χ0v) is 14.4. The average Bonchev–Trinajstić information content (AvgIpc) is 2.43. The topological polar surface area (TPSA) is 9.23 Å². The Bertz CT molecular complexity index is 596. The molecule has 0 radical (unpaired) electrons. The number of ether oxygens (including phenoxy) is 1. The Morgan fingerprint density at radius 3 is 2.35 bits per heavy atom. The van der Waals surface area contributed by atoms with Crippen LogP contribution in [0.2, 0.25) is 10.0 Å². The van der Waals surface area contributed by atoms with E-state index in [1.165, 1.54) is 11.1 Å². The number of aryl methyl sites for hydroxylation is 1. The van der Waals surface area contributed by atoms with Crippen LogP contribution in [-0.2, 0) is 6.42 Å². The van der Waals surface area contributed by atoms with Gasteiger partial charge in [0.1, 0.15) is 5.75 Å². The van der Waals surface area contributed by atoms with Gasteiger partial charge >= 0.3 is 0 Å². The SMILES string of the molecule is COc1cc(Cl)c(C(Br)Cc2ccc(C)cc2)cc1Cl. The summed E-state index contributed by atoms with van der Waals surface area (Å²) in [7, 11) is 1.58. The first-order valence-electron chi connectivity index (χ1n) is 6.24. The van der Waals surface area contributed by atoms with Crippen LogP contribution in [0.3, 0.4) is 0 Å². The summed E-state index contributed by atoms with van der Waals surface area (Å²) in [6.07, 6.45) is 0.850. The zero-order valence-electron chi connectivity index (χ0n) is 11.3. The highest BCUT2D eigenvalue weighted by atomic mass is 79.9. The van der Waals surface area contributed by atoms with E-state index in [4.69, 9.17) is 27.9 Å². The molecule has 1 nitrogen and oxygen atoms in total. The van der Waals surface area contributed by atoms with Gasteiger partial charge in [-0.3, -0.25) is 0 Å². The molecule has 4 heteroatoms. The fourth-order valence-corrected chi connectivity index (χ4v) is 3.40. The Morgan fingerprint density at radius 2 is 1.75 bits per heavy atom. The molecule has 2 rings (SSSR count). The summed E-state index contributed by atoms with van der Waals surface area (Å²) < 4.78 is 5.16. The lowest BCUT2D eigenvalue weighted by Crippen LogP contribution is -1.98. The second kappa shape index (κ2) is 6.84. The maximum Gasteiger partial charge on any atom is 0.138 e. The molecule has 0 aliphatic rings. The number of rotatable bonds is 4. The van der Waals surface area contributed by atoms with Crippen molar-refractivity contribution in [2.24, 2.45) is 0 Å². The summed E-state index contributed by atoms with van der Waals surface area (Å²) in [5.41, 5.74) is 3.48. The van der Waals surface area contributed by atoms with Crippen LogP contribution in [0.5, 0.6) is 5.75 Å². The molecule has 2 aromatic rings. The number of hydrogen-bond acceptors (Lipinski definition) is 1. The van der Waals surface area contributed by atoms with E-state index in [1.807, 2.05) is 6.07 Å². The quantitative estimate of drug-likeness (QED) is 0.598. The van der Waals surface area contributed by atoms with Crippen molar-refractivity contribution in [3.8, 4) is 5.75 Å². The molecule has 0 aromatic heterocycles. The van der Waals surface area contributed by atoms with Gasteiger partial charge in [-0.25, -0.2) is 0 Å². The Balaban J connectivity index is 2.22. The molecule has 20 heavy (non-hydrogen) atoms. The van der Waals surface area contributed by atoms with Crippen molar-refractivity contribution in [2.45, 2.75) is 18.2 Å². The Hall–Kier alpha value is -0.700. The minimum Gasteiger partial charge on any atom is -0.495 e. The lowest BCUT2D eigenvalue weighted by atomic mass is 10.0. The first-order chi connectivity index (χ1) is 9.51. The van der Waals surface area contributed by atoms with Crippen molar-refractivity contribution >= 4 is 39.1 Å². The van der Waals surface area contributed by atoms with Crippen molar-refractivity contribution in [2.75, 3.05) is 7.11 Å². The summed E-state index contributed by atoms with van der Waals surface area (Å²) in [6, 6.07) is 12.1. The normalized spacial score (nSPS) is 12.2. The Morgan fingerprint density at radius 1 is 1.10 bits per heavy atom. The van der Waals surface area contributed by atoms with Gasteiger partial charge in [0.2, 0.25) is 0 Å². The van der Waals surface area contributed by atoms with Crippen LogP contribution in [0.4, 0.5) is 0 Å². The van der Waals surface area contributed by atoms with E-state index in [2.05, 4.69) is 47.1 Å². The fraction of sp³-hybridized carbons (Fsp3) is 0.250. The van der Waals surface area contributed by atoms with Crippen molar-refractivity contribution in [1.82, 2.24) is 0 Å². The van der Waals surface area contributed by atoms with Crippen LogP contribution in [-0.4, -0.2) is 7.11 Å². The first kappa shape index (κ1) is 15.7. The third-order valence-corrected chi connectivity index (χ3v) is 4.58. The molecule has 1 unspecified atom stereocenters. The summed E-state index contributed by atoms with van der Waals surface area (Å²) in [5, 5.41) is 1.22. The number of alkyl halides is 1. The lowest BCUT2D eigenvalue weighted by molar-refractivity contribution is 0.415. The Labute approximate surface area is 138 Å². The second-order valence-electron chi connectivity index (χ2n) is 4.67. The second-order valence-corrected chi connectivity index (χ2v) is 6.59.